The minimum atomic E-state index is -0.153. The summed E-state index contributed by atoms with van der Waals surface area (Å²) in [5.74, 6) is 0.599. The summed E-state index contributed by atoms with van der Waals surface area (Å²) in [5, 5.41) is 11.2. The summed E-state index contributed by atoms with van der Waals surface area (Å²) in [7, 11) is 0. The lowest BCUT2D eigenvalue weighted by Crippen LogP contribution is -2.36. The minimum absolute atomic E-state index is 0.153. The molecule has 0 saturated carbocycles. The van der Waals surface area contributed by atoms with Crippen LogP contribution >= 0.6 is 0 Å². The van der Waals surface area contributed by atoms with Crippen molar-refractivity contribution in [3.05, 3.63) is 42.0 Å². The van der Waals surface area contributed by atoms with Crippen LogP contribution in [0.15, 0.2) is 30.6 Å². The molecule has 1 aromatic heterocycles. The third-order valence-electron chi connectivity index (χ3n) is 4.61. The number of nitrogens with zero attached hydrogens (tertiary/aromatic N) is 5. The van der Waals surface area contributed by atoms with Crippen molar-refractivity contribution in [3.63, 3.8) is 0 Å². The number of aryl methyl sites for hydroxylation is 2. The van der Waals surface area contributed by atoms with E-state index in [1.807, 2.05) is 12.1 Å². The van der Waals surface area contributed by atoms with Gasteiger partial charge in [0.25, 0.3) is 0 Å². The molecule has 2 heterocycles. The first-order valence-corrected chi connectivity index (χ1v) is 8.47. The van der Waals surface area contributed by atoms with Crippen LogP contribution in [0.25, 0.3) is 0 Å². The summed E-state index contributed by atoms with van der Waals surface area (Å²) in [6.07, 6.45) is 7.57. The summed E-state index contributed by atoms with van der Waals surface area (Å²) in [6, 6.07) is 6.92. The number of likely N-dealkylation sites (tertiary alicyclic amines) is 1. The first kappa shape index (κ1) is 16.1. The Balaban J connectivity index is 1.38. The van der Waals surface area contributed by atoms with E-state index in [9.17, 15) is 4.39 Å². The van der Waals surface area contributed by atoms with Gasteiger partial charge >= 0.3 is 0 Å². The average Bonchev–Trinajstić information content (AvgIpc) is 3.08. The van der Waals surface area contributed by atoms with E-state index in [1.54, 1.807) is 23.1 Å². The van der Waals surface area contributed by atoms with Crippen molar-refractivity contribution in [1.82, 2.24) is 25.1 Å². The number of halogens is 1. The molecule has 23 heavy (non-hydrogen) atoms. The number of benzene rings is 1. The summed E-state index contributed by atoms with van der Waals surface area (Å²) in [5.41, 5.74) is 1.24. The van der Waals surface area contributed by atoms with Crippen LogP contribution in [0.3, 0.4) is 0 Å². The quantitative estimate of drug-likeness (QED) is 0.787. The lowest BCUT2D eigenvalue weighted by atomic mass is 9.91. The van der Waals surface area contributed by atoms with E-state index in [0.717, 1.165) is 31.8 Å². The highest BCUT2D eigenvalue weighted by molar-refractivity contribution is 5.16. The van der Waals surface area contributed by atoms with Crippen molar-refractivity contribution < 1.29 is 4.39 Å². The fraction of sp³-hybridized carbons (Fsp3) is 0.588. The molecule has 0 radical (unpaired) electrons. The van der Waals surface area contributed by atoms with Crippen molar-refractivity contribution in [2.45, 2.75) is 38.6 Å². The number of hydrogen-bond acceptors (Lipinski definition) is 4. The van der Waals surface area contributed by atoms with Crippen LogP contribution in [0.4, 0.5) is 4.39 Å². The van der Waals surface area contributed by atoms with Crippen LogP contribution in [0.1, 0.15) is 31.2 Å². The van der Waals surface area contributed by atoms with Gasteiger partial charge in [-0.05, 0) is 79.2 Å². The first-order chi connectivity index (χ1) is 11.3. The second-order valence-corrected chi connectivity index (χ2v) is 6.40. The molecule has 1 aliphatic heterocycles. The maximum absolute atomic E-state index is 12.9. The van der Waals surface area contributed by atoms with Gasteiger partial charge in [0.05, 0.1) is 0 Å². The van der Waals surface area contributed by atoms with E-state index < -0.39 is 0 Å². The van der Waals surface area contributed by atoms with Crippen LogP contribution < -0.4 is 0 Å². The Morgan fingerprint density at radius 2 is 2.04 bits per heavy atom. The topological polar surface area (TPSA) is 46.8 Å². The summed E-state index contributed by atoms with van der Waals surface area (Å²) in [4.78, 5) is 2.56. The Labute approximate surface area is 136 Å². The second-order valence-electron chi connectivity index (χ2n) is 6.40. The van der Waals surface area contributed by atoms with Gasteiger partial charge in [-0.2, -0.15) is 0 Å². The van der Waals surface area contributed by atoms with Crippen molar-refractivity contribution >= 4 is 0 Å². The molecule has 1 atom stereocenters. The van der Waals surface area contributed by atoms with Crippen molar-refractivity contribution in [1.29, 1.82) is 0 Å². The molecule has 5 nitrogen and oxygen atoms in total. The molecule has 0 spiro atoms. The molecule has 0 bridgehead atoms. The Kier molecular flexibility index (Phi) is 5.69. The zero-order valence-electron chi connectivity index (χ0n) is 13.4. The van der Waals surface area contributed by atoms with Gasteiger partial charge in [0, 0.05) is 13.1 Å². The van der Waals surface area contributed by atoms with Crippen LogP contribution in [0.5, 0.6) is 0 Å². The molecule has 124 valence electrons. The molecule has 6 heteroatoms. The fourth-order valence-electron chi connectivity index (χ4n) is 3.35. The highest BCUT2D eigenvalue weighted by Gasteiger charge is 2.19. The number of hydrogen-bond donors (Lipinski definition) is 0. The molecule has 1 aliphatic rings. The standard InChI is InChI=1S/C17H24FN5/c18-17-8-6-15(7-9-17)4-5-16-3-1-10-22(13-16)11-2-12-23-14-19-20-21-23/h6-9,14,16H,1-5,10-13H2/t16-/m1/s1. The smallest absolute Gasteiger partial charge is 0.138 e. The number of aromatic nitrogens is 4. The molecule has 2 aromatic rings. The highest BCUT2D eigenvalue weighted by Crippen LogP contribution is 2.21. The van der Waals surface area contributed by atoms with E-state index in [-0.39, 0.29) is 5.82 Å². The third kappa shape index (κ3) is 5.10. The molecular formula is C17H24FN5. The van der Waals surface area contributed by atoms with E-state index in [4.69, 9.17) is 0 Å². The molecule has 0 N–H and O–H groups in total. The maximum atomic E-state index is 12.9. The lowest BCUT2D eigenvalue weighted by Gasteiger charge is -2.32. The van der Waals surface area contributed by atoms with Crippen molar-refractivity contribution in [2.24, 2.45) is 5.92 Å². The van der Waals surface area contributed by atoms with Gasteiger partial charge in [0.1, 0.15) is 12.1 Å². The number of rotatable bonds is 7. The van der Waals surface area contributed by atoms with Crippen LogP contribution in [0.2, 0.25) is 0 Å². The molecule has 1 aromatic carbocycles. The van der Waals surface area contributed by atoms with E-state index in [2.05, 4.69) is 20.4 Å². The Hall–Kier alpha value is -1.82. The average molecular weight is 317 g/mol. The molecule has 0 aliphatic carbocycles. The van der Waals surface area contributed by atoms with Crippen LogP contribution in [-0.4, -0.2) is 44.7 Å². The monoisotopic (exact) mass is 317 g/mol. The fourth-order valence-corrected chi connectivity index (χ4v) is 3.35. The van der Waals surface area contributed by atoms with Gasteiger partial charge in [-0.3, -0.25) is 0 Å². The molecule has 1 fully saturated rings. The van der Waals surface area contributed by atoms with Gasteiger partial charge in [0.2, 0.25) is 0 Å². The summed E-state index contributed by atoms with van der Waals surface area (Å²) < 4.78 is 14.7. The largest absolute Gasteiger partial charge is 0.303 e. The van der Waals surface area contributed by atoms with Gasteiger partial charge < -0.3 is 4.90 Å². The van der Waals surface area contributed by atoms with Crippen LogP contribution in [0, 0.1) is 11.7 Å². The third-order valence-corrected chi connectivity index (χ3v) is 4.61. The maximum Gasteiger partial charge on any atom is 0.138 e. The van der Waals surface area contributed by atoms with E-state index in [1.165, 1.54) is 37.9 Å². The number of tetrazole rings is 1. The molecule has 3 rings (SSSR count). The van der Waals surface area contributed by atoms with E-state index in [0.29, 0.717) is 0 Å². The SMILES string of the molecule is Fc1ccc(CC[C@H]2CCCN(CCCn3cnnn3)C2)cc1. The Morgan fingerprint density at radius 3 is 2.83 bits per heavy atom. The molecule has 0 unspecified atom stereocenters. The second kappa shape index (κ2) is 8.15. The predicted octanol–water partition coefficient (Wildman–Crippen LogP) is 2.55. The van der Waals surface area contributed by atoms with Gasteiger partial charge in [-0.15, -0.1) is 5.10 Å². The minimum Gasteiger partial charge on any atom is -0.303 e. The Morgan fingerprint density at radius 1 is 1.17 bits per heavy atom. The van der Waals surface area contributed by atoms with E-state index >= 15 is 0 Å². The zero-order valence-corrected chi connectivity index (χ0v) is 13.4. The van der Waals surface area contributed by atoms with Crippen molar-refractivity contribution in [2.75, 3.05) is 19.6 Å². The number of piperidine rings is 1. The first-order valence-electron chi connectivity index (χ1n) is 8.47. The van der Waals surface area contributed by atoms with Gasteiger partial charge in [-0.25, -0.2) is 9.07 Å². The zero-order chi connectivity index (χ0) is 15.9. The Bertz CT molecular complexity index is 569. The summed E-state index contributed by atoms with van der Waals surface area (Å²) >= 11 is 0. The van der Waals surface area contributed by atoms with Crippen molar-refractivity contribution in [3.8, 4) is 0 Å². The lowest BCUT2D eigenvalue weighted by molar-refractivity contribution is 0.164. The molecule has 1 saturated heterocycles. The van der Waals surface area contributed by atoms with Crippen LogP contribution in [-0.2, 0) is 13.0 Å². The predicted molar refractivity (Wildman–Crippen MR) is 86.3 cm³/mol. The summed E-state index contributed by atoms with van der Waals surface area (Å²) in [6.45, 7) is 4.36. The van der Waals surface area contributed by atoms with Gasteiger partial charge in [-0.1, -0.05) is 12.1 Å². The normalized spacial score (nSPS) is 19.1. The van der Waals surface area contributed by atoms with Gasteiger partial charge in [0.15, 0.2) is 0 Å². The highest BCUT2D eigenvalue weighted by atomic mass is 19.1. The molecule has 0 amide bonds. The molecular weight excluding hydrogens is 293 g/mol.